The molecule has 0 N–H and O–H groups in total. The molecule has 1 unspecified atom stereocenters. The fraction of sp³-hybridized carbons (Fsp3) is 0.429. The Hall–Kier alpha value is -0.320. The van der Waals surface area contributed by atoms with Crippen molar-refractivity contribution in [3.63, 3.8) is 0 Å². The zero-order valence-corrected chi connectivity index (χ0v) is 9.23. The number of hydrogen-bond acceptors (Lipinski definition) is 3. The van der Waals surface area contributed by atoms with Gasteiger partial charge in [0.2, 0.25) is 0 Å². The topological polar surface area (TPSA) is 57.9 Å². The molecule has 1 aromatic heterocycles. The van der Waals surface area contributed by atoms with E-state index in [-0.39, 0.29) is 29.6 Å². The maximum Gasteiger partial charge on any atom is 1.00 e. The predicted octanol–water partition coefficient (Wildman–Crippen LogP) is -3.41. The maximum absolute atomic E-state index is 10.5. The van der Waals surface area contributed by atoms with Gasteiger partial charge in [0.15, 0.2) is 0 Å². The summed E-state index contributed by atoms with van der Waals surface area (Å²) in [6, 6.07) is 1.05. The SMILES string of the molecule is CCC(C(=O)[O-])n1cccn1.[Na+]. The molecule has 0 spiro atoms. The zero-order chi connectivity index (χ0) is 8.27. The second kappa shape index (κ2) is 5.35. The van der Waals surface area contributed by atoms with Gasteiger partial charge in [-0.1, -0.05) is 6.92 Å². The molecule has 0 saturated carbocycles. The van der Waals surface area contributed by atoms with E-state index in [2.05, 4.69) is 5.10 Å². The molecule has 0 aliphatic rings. The monoisotopic (exact) mass is 176 g/mol. The van der Waals surface area contributed by atoms with Crippen LogP contribution in [0.25, 0.3) is 0 Å². The van der Waals surface area contributed by atoms with Gasteiger partial charge in [0.05, 0.1) is 12.0 Å². The van der Waals surface area contributed by atoms with E-state index in [1.54, 1.807) is 25.4 Å². The molecule has 0 bridgehead atoms. The molecule has 0 radical (unpaired) electrons. The number of rotatable bonds is 3. The first-order chi connectivity index (χ1) is 5.25. The molecule has 12 heavy (non-hydrogen) atoms. The number of carboxylic acid groups (broad SMARTS) is 1. The molecule has 60 valence electrons. The van der Waals surface area contributed by atoms with Gasteiger partial charge in [-0.05, 0) is 12.5 Å². The quantitative estimate of drug-likeness (QED) is 0.451. The van der Waals surface area contributed by atoms with E-state index in [1.165, 1.54) is 4.68 Å². The number of aromatic nitrogens is 2. The Bertz CT molecular complexity index is 236. The van der Waals surface area contributed by atoms with Gasteiger partial charge in [-0.15, -0.1) is 0 Å². The van der Waals surface area contributed by atoms with Crippen molar-refractivity contribution in [1.29, 1.82) is 0 Å². The van der Waals surface area contributed by atoms with Crippen molar-refractivity contribution in [2.75, 3.05) is 0 Å². The van der Waals surface area contributed by atoms with E-state index in [0.717, 1.165) is 0 Å². The smallest absolute Gasteiger partial charge is 0.548 e. The number of carbonyl (C=O) groups excluding carboxylic acids is 1. The van der Waals surface area contributed by atoms with Crippen molar-refractivity contribution in [2.24, 2.45) is 0 Å². The number of carboxylic acids is 1. The number of hydrogen-bond donors (Lipinski definition) is 0. The fourth-order valence-electron chi connectivity index (χ4n) is 0.927. The van der Waals surface area contributed by atoms with Crippen molar-refractivity contribution in [1.82, 2.24) is 9.78 Å². The minimum absolute atomic E-state index is 0. The Morgan fingerprint density at radius 2 is 2.42 bits per heavy atom. The van der Waals surface area contributed by atoms with E-state index in [4.69, 9.17) is 0 Å². The molecular formula is C7H9N2NaO2. The average molecular weight is 176 g/mol. The molecule has 0 aromatic carbocycles. The Kier molecular flexibility index (Phi) is 5.20. The van der Waals surface area contributed by atoms with Crippen molar-refractivity contribution < 1.29 is 39.5 Å². The van der Waals surface area contributed by atoms with E-state index < -0.39 is 12.0 Å². The van der Waals surface area contributed by atoms with Crippen LogP contribution in [0.3, 0.4) is 0 Å². The van der Waals surface area contributed by atoms with Gasteiger partial charge in [-0.25, -0.2) is 0 Å². The summed E-state index contributed by atoms with van der Waals surface area (Å²) in [6.07, 6.45) is 3.65. The molecule has 1 rings (SSSR count). The molecule has 0 amide bonds. The molecule has 0 aliphatic carbocycles. The van der Waals surface area contributed by atoms with Crippen LogP contribution < -0.4 is 34.7 Å². The second-order valence-electron chi connectivity index (χ2n) is 2.23. The third-order valence-corrected chi connectivity index (χ3v) is 1.50. The number of aliphatic carboxylic acids is 1. The Morgan fingerprint density at radius 1 is 1.75 bits per heavy atom. The fourth-order valence-corrected chi connectivity index (χ4v) is 0.927. The summed E-state index contributed by atoms with van der Waals surface area (Å²) in [5, 5.41) is 14.3. The predicted molar refractivity (Wildman–Crippen MR) is 36.6 cm³/mol. The van der Waals surface area contributed by atoms with Gasteiger partial charge < -0.3 is 9.90 Å². The normalized spacial score (nSPS) is 11.8. The van der Waals surface area contributed by atoms with Crippen LogP contribution in [0.15, 0.2) is 18.5 Å². The van der Waals surface area contributed by atoms with Crippen LogP contribution >= 0.6 is 0 Å². The zero-order valence-electron chi connectivity index (χ0n) is 7.23. The number of carbonyl (C=O) groups is 1. The van der Waals surface area contributed by atoms with E-state index in [9.17, 15) is 9.90 Å². The maximum atomic E-state index is 10.5. The first-order valence-corrected chi connectivity index (χ1v) is 3.45. The van der Waals surface area contributed by atoms with Gasteiger partial charge in [0.25, 0.3) is 0 Å². The molecule has 1 heterocycles. The largest absolute Gasteiger partial charge is 1.00 e. The molecule has 0 saturated heterocycles. The van der Waals surface area contributed by atoms with E-state index in [1.807, 2.05) is 0 Å². The van der Waals surface area contributed by atoms with Crippen LogP contribution in [-0.4, -0.2) is 15.7 Å². The van der Waals surface area contributed by atoms with E-state index in [0.29, 0.717) is 6.42 Å². The first-order valence-electron chi connectivity index (χ1n) is 3.45. The van der Waals surface area contributed by atoms with Gasteiger partial charge in [-0.3, -0.25) is 4.68 Å². The standard InChI is InChI=1S/C7H10N2O2.Na/c1-2-6(7(10)11)9-5-3-4-8-9;/h3-6H,2H2,1H3,(H,10,11);/q;+1/p-1. The molecule has 1 atom stereocenters. The third kappa shape index (κ3) is 2.62. The molecule has 0 fully saturated rings. The summed E-state index contributed by atoms with van der Waals surface area (Å²) in [5.74, 6) is -1.09. The summed E-state index contributed by atoms with van der Waals surface area (Å²) in [7, 11) is 0. The molecule has 5 heteroatoms. The summed E-state index contributed by atoms with van der Waals surface area (Å²) in [5.41, 5.74) is 0. The first kappa shape index (κ1) is 11.7. The molecule has 4 nitrogen and oxygen atoms in total. The van der Waals surface area contributed by atoms with Crippen molar-refractivity contribution in [2.45, 2.75) is 19.4 Å². The third-order valence-electron chi connectivity index (χ3n) is 1.50. The van der Waals surface area contributed by atoms with Crippen LogP contribution in [0.4, 0.5) is 0 Å². The van der Waals surface area contributed by atoms with Crippen LogP contribution in [0.5, 0.6) is 0 Å². The minimum atomic E-state index is -1.09. The second-order valence-corrected chi connectivity index (χ2v) is 2.23. The Labute approximate surface area is 92.9 Å². The minimum Gasteiger partial charge on any atom is -0.548 e. The van der Waals surface area contributed by atoms with E-state index >= 15 is 0 Å². The van der Waals surface area contributed by atoms with Crippen molar-refractivity contribution >= 4 is 5.97 Å². The summed E-state index contributed by atoms with van der Waals surface area (Å²) < 4.78 is 1.38. The molecule has 1 aromatic rings. The van der Waals surface area contributed by atoms with Gasteiger partial charge >= 0.3 is 29.6 Å². The van der Waals surface area contributed by atoms with Crippen LogP contribution in [0, 0.1) is 0 Å². The van der Waals surface area contributed by atoms with Gasteiger partial charge in [0.1, 0.15) is 0 Å². The Balaban J connectivity index is 0.00000121. The van der Waals surface area contributed by atoms with Gasteiger partial charge in [0, 0.05) is 12.4 Å². The van der Waals surface area contributed by atoms with Crippen molar-refractivity contribution in [3.8, 4) is 0 Å². The van der Waals surface area contributed by atoms with Crippen LogP contribution in [-0.2, 0) is 4.79 Å². The van der Waals surface area contributed by atoms with Crippen LogP contribution in [0.1, 0.15) is 19.4 Å². The summed E-state index contributed by atoms with van der Waals surface area (Å²) in [4.78, 5) is 10.5. The summed E-state index contributed by atoms with van der Waals surface area (Å²) >= 11 is 0. The average Bonchev–Trinajstić information content (AvgIpc) is 2.40. The van der Waals surface area contributed by atoms with Crippen LogP contribution in [0.2, 0.25) is 0 Å². The van der Waals surface area contributed by atoms with Crippen molar-refractivity contribution in [3.05, 3.63) is 18.5 Å². The molecular weight excluding hydrogens is 167 g/mol. The number of nitrogens with zero attached hydrogens (tertiary/aromatic N) is 2. The van der Waals surface area contributed by atoms with Gasteiger partial charge in [-0.2, -0.15) is 5.10 Å². The molecule has 0 aliphatic heterocycles. The summed E-state index contributed by atoms with van der Waals surface area (Å²) in [6.45, 7) is 1.78. The Morgan fingerprint density at radius 3 is 2.75 bits per heavy atom.